The Morgan fingerprint density at radius 3 is 2.80 bits per heavy atom. The molecule has 0 saturated carbocycles. The molecule has 0 bridgehead atoms. The van der Waals surface area contributed by atoms with Crippen molar-refractivity contribution in [2.75, 3.05) is 5.32 Å². The van der Waals surface area contributed by atoms with Gasteiger partial charge >= 0.3 is 0 Å². The smallest absolute Gasteiger partial charge is 0.257 e. The Bertz CT molecular complexity index is 792. The van der Waals surface area contributed by atoms with Crippen molar-refractivity contribution in [2.24, 2.45) is 0 Å². The number of para-hydroxylation sites is 1. The van der Waals surface area contributed by atoms with Crippen molar-refractivity contribution in [1.82, 2.24) is 4.98 Å². The molecule has 20 heavy (non-hydrogen) atoms. The predicted molar refractivity (Wildman–Crippen MR) is 77.4 cm³/mol. The highest BCUT2D eigenvalue weighted by atomic mass is 19.1. The molecule has 0 radical (unpaired) electrons. The Balaban J connectivity index is 1.97. The van der Waals surface area contributed by atoms with E-state index in [4.69, 9.17) is 0 Å². The van der Waals surface area contributed by atoms with E-state index in [0.29, 0.717) is 16.8 Å². The molecular formula is C16H13FN2O. The maximum Gasteiger partial charge on any atom is 0.257 e. The highest BCUT2D eigenvalue weighted by Crippen LogP contribution is 2.21. The number of halogens is 1. The summed E-state index contributed by atoms with van der Waals surface area (Å²) in [6.07, 6.45) is 1.79. The van der Waals surface area contributed by atoms with Crippen molar-refractivity contribution in [1.29, 1.82) is 0 Å². The van der Waals surface area contributed by atoms with Crippen LogP contribution in [0.5, 0.6) is 0 Å². The fourth-order valence-electron chi connectivity index (χ4n) is 2.21. The monoisotopic (exact) mass is 268 g/mol. The summed E-state index contributed by atoms with van der Waals surface area (Å²) >= 11 is 0. The van der Waals surface area contributed by atoms with Crippen molar-refractivity contribution < 1.29 is 9.18 Å². The zero-order valence-corrected chi connectivity index (χ0v) is 10.9. The van der Waals surface area contributed by atoms with E-state index in [1.54, 1.807) is 31.3 Å². The Morgan fingerprint density at radius 1 is 1.15 bits per heavy atom. The van der Waals surface area contributed by atoms with Gasteiger partial charge in [0.15, 0.2) is 0 Å². The normalized spacial score (nSPS) is 10.7. The maximum absolute atomic E-state index is 13.5. The summed E-state index contributed by atoms with van der Waals surface area (Å²) in [5.74, 6) is -0.590. The molecule has 0 saturated heterocycles. The minimum absolute atomic E-state index is 0.258. The standard InChI is InChI=1S/C16H13FN2O/c1-10-13(17)6-3-7-14(10)19-16(20)12-5-2-4-11-8-9-18-15(11)12/h2-9,18H,1H3,(H,19,20). The number of hydrogen-bond donors (Lipinski definition) is 2. The Kier molecular flexibility index (Phi) is 2.99. The van der Waals surface area contributed by atoms with Gasteiger partial charge in [0.1, 0.15) is 5.82 Å². The molecule has 0 fully saturated rings. The molecule has 0 spiro atoms. The zero-order valence-electron chi connectivity index (χ0n) is 10.9. The van der Waals surface area contributed by atoms with Crippen LogP contribution in [0.15, 0.2) is 48.7 Å². The lowest BCUT2D eigenvalue weighted by atomic mass is 10.1. The van der Waals surface area contributed by atoms with E-state index in [2.05, 4.69) is 10.3 Å². The molecule has 0 aliphatic heterocycles. The first-order chi connectivity index (χ1) is 9.66. The average molecular weight is 268 g/mol. The van der Waals surface area contributed by atoms with Gasteiger partial charge in [-0.25, -0.2) is 4.39 Å². The second-order valence-corrected chi connectivity index (χ2v) is 4.61. The maximum atomic E-state index is 13.5. The Morgan fingerprint density at radius 2 is 1.95 bits per heavy atom. The Labute approximate surface area is 115 Å². The highest BCUT2D eigenvalue weighted by molar-refractivity contribution is 6.12. The minimum Gasteiger partial charge on any atom is -0.361 e. The fraction of sp³-hybridized carbons (Fsp3) is 0.0625. The number of nitrogens with one attached hydrogen (secondary N) is 2. The largest absolute Gasteiger partial charge is 0.361 e. The number of anilines is 1. The average Bonchev–Trinajstić information content (AvgIpc) is 2.92. The van der Waals surface area contributed by atoms with Crippen LogP contribution < -0.4 is 5.32 Å². The quantitative estimate of drug-likeness (QED) is 0.728. The lowest BCUT2D eigenvalue weighted by molar-refractivity contribution is 0.102. The lowest BCUT2D eigenvalue weighted by Crippen LogP contribution is -2.13. The summed E-state index contributed by atoms with van der Waals surface area (Å²) in [6.45, 7) is 1.64. The highest BCUT2D eigenvalue weighted by Gasteiger charge is 2.12. The van der Waals surface area contributed by atoms with Gasteiger partial charge in [-0.05, 0) is 31.2 Å². The molecule has 2 N–H and O–H groups in total. The number of aromatic nitrogens is 1. The second-order valence-electron chi connectivity index (χ2n) is 4.61. The van der Waals surface area contributed by atoms with E-state index in [1.165, 1.54) is 6.07 Å². The predicted octanol–water partition coefficient (Wildman–Crippen LogP) is 3.87. The van der Waals surface area contributed by atoms with Crippen molar-refractivity contribution in [3.05, 3.63) is 65.6 Å². The number of carbonyl (C=O) groups is 1. The second kappa shape index (κ2) is 4.81. The van der Waals surface area contributed by atoms with Crippen LogP contribution in [-0.4, -0.2) is 10.9 Å². The zero-order chi connectivity index (χ0) is 14.1. The summed E-state index contributed by atoms with van der Waals surface area (Å²) in [4.78, 5) is 15.4. The van der Waals surface area contributed by atoms with Gasteiger partial charge in [0.05, 0.1) is 11.1 Å². The summed E-state index contributed by atoms with van der Waals surface area (Å²) in [5, 5.41) is 3.72. The van der Waals surface area contributed by atoms with Crippen LogP contribution >= 0.6 is 0 Å². The third-order valence-corrected chi connectivity index (χ3v) is 3.35. The number of hydrogen-bond acceptors (Lipinski definition) is 1. The number of aromatic amines is 1. The topological polar surface area (TPSA) is 44.9 Å². The molecule has 3 nitrogen and oxygen atoms in total. The van der Waals surface area contributed by atoms with Crippen LogP contribution in [-0.2, 0) is 0 Å². The number of benzene rings is 2. The number of fused-ring (bicyclic) bond motifs is 1. The van der Waals surface area contributed by atoms with Crippen molar-refractivity contribution >= 4 is 22.5 Å². The van der Waals surface area contributed by atoms with Crippen molar-refractivity contribution in [3.8, 4) is 0 Å². The van der Waals surface area contributed by atoms with Gasteiger partial charge in [0.2, 0.25) is 0 Å². The third-order valence-electron chi connectivity index (χ3n) is 3.35. The Hall–Kier alpha value is -2.62. The number of amides is 1. The van der Waals surface area contributed by atoms with Crippen LogP contribution in [0.25, 0.3) is 10.9 Å². The molecule has 3 rings (SSSR count). The first-order valence-corrected chi connectivity index (χ1v) is 6.29. The molecule has 2 aromatic carbocycles. The first kappa shape index (κ1) is 12.4. The van der Waals surface area contributed by atoms with Crippen LogP contribution in [0.3, 0.4) is 0 Å². The van der Waals surface area contributed by atoms with E-state index in [-0.39, 0.29) is 11.7 Å². The van der Waals surface area contributed by atoms with Gasteiger partial charge in [-0.1, -0.05) is 18.2 Å². The molecule has 0 unspecified atom stereocenters. The van der Waals surface area contributed by atoms with Crippen LogP contribution in [0.4, 0.5) is 10.1 Å². The summed E-state index contributed by atoms with van der Waals surface area (Å²) in [6, 6.07) is 12.0. The lowest BCUT2D eigenvalue weighted by Gasteiger charge is -2.09. The summed E-state index contributed by atoms with van der Waals surface area (Å²) in [7, 11) is 0. The van der Waals surface area contributed by atoms with E-state index < -0.39 is 0 Å². The molecule has 1 aromatic heterocycles. The SMILES string of the molecule is Cc1c(F)cccc1NC(=O)c1cccc2cc[nH]c12. The minimum atomic E-state index is -0.333. The van der Waals surface area contributed by atoms with E-state index in [0.717, 1.165) is 10.9 Å². The molecule has 3 aromatic rings. The van der Waals surface area contributed by atoms with Crippen molar-refractivity contribution in [3.63, 3.8) is 0 Å². The molecule has 4 heteroatoms. The molecule has 100 valence electrons. The van der Waals surface area contributed by atoms with Gasteiger partial charge in [-0.15, -0.1) is 0 Å². The molecule has 1 heterocycles. The number of carbonyl (C=O) groups excluding carboxylic acids is 1. The van der Waals surface area contributed by atoms with Crippen molar-refractivity contribution in [2.45, 2.75) is 6.92 Å². The van der Waals surface area contributed by atoms with Gasteiger partial charge < -0.3 is 10.3 Å². The number of H-pyrrole nitrogens is 1. The van der Waals surface area contributed by atoms with Gasteiger partial charge in [-0.3, -0.25) is 4.79 Å². The van der Waals surface area contributed by atoms with Crippen LogP contribution in [0, 0.1) is 12.7 Å². The van der Waals surface area contributed by atoms with Crippen LogP contribution in [0.1, 0.15) is 15.9 Å². The van der Waals surface area contributed by atoms with E-state index >= 15 is 0 Å². The van der Waals surface area contributed by atoms with E-state index in [1.807, 2.05) is 18.2 Å². The first-order valence-electron chi connectivity index (χ1n) is 6.29. The third kappa shape index (κ3) is 2.05. The van der Waals surface area contributed by atoms with Gasteiger partial charge in [-0.2, -0.15) is 0 Å². The van der Waals surface area contributed by atoms with E-state index in [9.17, 15) is 9.18 Å². The molecule has 0 atom stereocenters. The molecule has 1 amide bonds. The van der Waals surface area contributed by atoms with Gasteiger partial charge in [0, 0.05) is 22.8 Å². The molecule has 0 aliphatic rings. The fourth-order valence-corrected chi connectivity index (χ4v) is 2.21. The summed E-state index contributed by atoms with van der Waals surface area (Å²) < 4.78 is 13.5. The number of rotatable bonds is 2. The van der Waals surface area contributed by atoms with Gasteiger partial charge in [0.25, 0.3) is 5.91 Å². The summed E-state index contributed by atoms with van der Waals surface area (Å²) in [5.41, 5.74) is 2.23. The molecular weight excluding hydrogens is 255 g/mol. The van der Waals surface area contributed by atoms with Crippen LogP contribution in [0.2, 0.25) is 0 Å². The molecule has 0 aliphatic carbocycles.